The van der Waals surface area contributed by atoms with E-state index in [2.05, 4.69) is 5.32 Å². The van der Waals surface area contributed by atoms with Crippen LogP contribution in [0.3, 0.4) is 0 Å². The van der Waals surface area contributed by atoms with Crippen molar-refractivity contribution in [1.82, 2.24) is 18.8 Å². The molecule has 0 bridgehead atoms. The highest BCUT2D eigenvalue weighted by molar-refractivity contribution is 7.86. The van der Waals surface area contributed by atoms with Crippen molar-refractivity contribution < 1.29 is 23.1 Å². The zero-order chi connectivity index (χ0) is 24.7. The molecule has 9 nitrogen and oxygen atoms in total. The summed E-state index contributed by atoms with van der Waals surface area (Å²) in [6, 6.07) is 14.1. The number of carboxylic acid groups (broad SMARTS) is 1. The Hall–Kier alpha value is -2.79. The van der Waals surface area contributed by atoms with Crippen LogP contribution in [0, 0.1) is 0 Å². The van der Waals surface area contributed by atoms with Crippen LogP contribution in [0.1, 0.15) is 34.0 Å². The molecule has 2 aliphatic heterocycles. The topological polar surface area (TPSA) is 110 Å². The SMILES string of the molecule is CC(=O)N1CCNCC1.CN(Cc1ccc(C(=O)O)cc1)S(=O)(=O)N1CCc2ccccc2C1. The minimum absolute atomic E-state index is 0.182. The number of piperazine rings is 1. The quantitative estimate of drug-likeness (QED) is 0.661. The fourth-order valence-electron chi connectivity index (χ4n) is 3.94. The van der Waals surface area contributed by atoms with Gasteiger partial charge in [0, 0.05) is 59.8 Å². The Morgan fingerprint density at radius 3 is 2.18 bits per heavy atom. The van der Waals surface area contributed by atoms with Gasteiger partial charge in [-0.25, -0.2) is 4.79 Å². The Kier molecular flexibility index (Phi) is 8.78. The van der Waals surface area contributed by atoms with E-state index in [4.69, 9.17) is 5.11 Å². The van der Waals surface area contributed by atoms with E-state index in [-0.39, 0.29) is 18.0 Å². The summed E-state index contributed by atoms with van der Waals surface area (Å²) in [7, 11) is -2.04. The van der Waals surface area contributed by atoms with E-state index in [9.17, 15) is 18.0 Å². The molecule has 0 radical (unpaired) electrons. The molecule has 0 spiro atoms. The van der Waals surface area contributed by atoms with Gasteiger partial charge in [0.1, 0.15) is 0 Å². The van der Waals surface area contributed by atoms with Crippen LogP contribution in [0.5, 0.6) is 0 Å². The van der Waals surface area contributed by atoms with Crippen LogP contribution in [0.4, 0.5) is 0 Å². The number of amides is 1. The first kappa shape index (κ1) is 25.8. The molecule has 10 heteroatoms. The second kappa shape index (κ2) is 11.6. The maximum Gasteiger partial charge on any atom is 0.335 e. The van der Waals surface area contributed by atoms with Crippen molar-refractivity contribution >= 4 is 22.1 Å². The van der Waals surface area contributed by atoms with E-state index >= 15 is 0 Å². The molecule has 2 aliphatic rings. The average molecular weight is 489 g/mol. The van der Waals surface area contributed by atoms with Gasteiger partial charge in [-0.3, -0.25) is 4.79 Å². The van der Waals surface area contributed by atoms with Gasteiger partial charge in [-0.15, -0.1) is 0 Å². The Balaban J connectivity index is 0.000000302. The lowest BCUT2D eigenvalue weighted by atomic mass is 10.0. The highest BCUT2D eigenvalue weighted by atomic mass is 32.2. The molecule has 2 aromatic carbocycles. The molecule has 0 aromatic heterocycles. The molecule has 0 aliphatic carbocycles. The fourth-order valence-corrected chi connectivity index (χ4v) is 5.27. The third kappa shape index (κ3) is 6.63. The minimum Gasteiger partial charge on any atom is -0.478 e. The van der Waals surface area contributed by atoms with Crippen molar-refractivity contribution in [2.24, 2.45) is 0 Å². The lowest BCUT2D eigenvalue weighted by Crippen LogP contribution is -2.45. The van der Waals surface area contributed by atoms with Gasteiger partial charge in [-0.2, -0.15) is 17.0 Å². The van der Waals surface area contributed by atoms with Crippen LogP contribution in [0.15, 0.2) is 48.5 Å². The molecular weight excluding hydrogens is 456 g/mol. The van der Waals surface area contributed by atoms with Crippen molar-refractivity contribution in [3.8, 4) is 0 Å². The van der Waals surface area contributed by atoms with Crippen LogP contribution >= 0.6 is 0 Å². The number of nitrogens with one attached hydrogen (secondary N) is 1. The third-order valence-electron chi connectivity index (χ3n) is 5.98. The van der Waals surface area contributed by atoms with E-state index < -0.39 is 16.2 Å². The number of carbonyl (C=O) groups is 2. The van der Waals surface area contributed by atoms with Gasteiger partial charge in [-0.05, 0) is 35.2 Å². The molecule has 2 heterocycles. The normalized spacial score (nSPS) is 16.4. The highest BCUT2D eigenvalue weighted by Crippen LogP contribution is 2.23. The number of hydrogen-bond acceptors (Lipinski definition) is 5. The van der Waals surface area contributed by atoms with Crippen molar-refractivity contribution in [1.29, 1.82) is 0 Å². The summed E-state index contributed by atoms with van der Waals surface area (Å²) >= 11 is 0. The van der Waals surface area contributed by atoms with Gasteiger partial charge in [0.05, 0.1) is 5.56 Å². The first-order valence-corrected chi connectivity index (χ1v) is 12.6. The van der Waals surface area contributed by atoms with Gasteiger partial charge in [0.2, 0.25) is 5.91 Å². The van der Waals surface area contributed by atoms with E-state index in [0.29, 0.717) is 19.5 Å². The van der Waals surface area contributed by atoms with Gasteiger partial charge in [-0.1, -0.05) is 36.4 Å². The Labute approximate surface area is 201 Å². The molecule has 2 aromatic rings. The predicted octanol–water partition coefficient (Wildman–Crippen LogP) is 1.56. The van der Waals surface area contributed by atoms with E-state index in [1.165, 1.54) is 26.3 Å². The molecule has 1 amide bonds. The molecule has 2 N–H and O–H groups in total. The smallest absolute Gasteiger partial charge is 0.335 e. The lowest BCUT2D eigenvalue weighted by molar-refractivity contribution is -0.129. The Bertz CT molecular complexity index is 1100. The summed E-state index contributed by atoms with van der Waals surface area (Å²) in [5, 5.41) is 12.1. The molecule has 4 rings (SSSR count). The first-order chi connectivity index (χ1) is 16.2. The second-order valence-corrected chi connectivity index (χ2v) is 10.4. The number of aromatic carboxylic acids is 1. The summed E-state index contributed by atoms with van der Waals surface area (Å²) in [5.74, 6) is -0.809. The van der Waals surface area contributed by atoms with Crippen LogP contribution in [0.25, 0.3) is 0 Å². The van der Waals surface area contributed by atoms with Gasteiger partial charge in [0.25, 0.3) is 10.2 Å². The van der Waals surface area contributed by atoms with Crippen molar-refractivity contribution in [2.75, 3.05) is 39.8 Å². The first-order valence-electron chi connectivity index (χ1n) is 11.2. The monoisotopic (exact) mass is 488 g/mol. The minimum atomic E-state index is -3.58. The molecule has 34 heavy (non-hydrogen) atoms. The second-order valence-electron chi connectivity index (χ2n) is 8.37. The molecule has 184 valence electrons. The molecular formula is C24H32N4O5S. The summed E-state index contributed by atoms with van der Waals surface area (Å²) in [5.41, 5.74) is 3.16. The lowest BCUT2D eigenvalue weighted by Gasteiger charge is -2.31. The fraction of sp³-hybridized carbons (Fsp3) is 0.417. The molecule has 0 saturated carbocycles. The summed E-state index contributed by atoms with van der Waals surface area (Å²) in [6.45, 7) is 6.28. The Morgan fingerprint density at radius 2 is 1.62 bits per heavy atom. The van der Waals surface area contributed by atoms with Gasteiger partial charge in [0.15, 0.2) is 0 Å². The number of hydrogen-bond donors (Lipinski definition) is 2. The summed E-state index contributed by atoms with van der Waals surface area (Å²) in [6.07, 6.45) is 0.705. The average Bonchev–Trinajstić information content (AvgIpc) is 2.85. The molecule has 1 saturated heterocycles. The van der Waals surface area contributed by atoms with E-state index in [1.807, 2.05) is 29.2 Å². The van der Waals surface area contributed by atoms with Crippen LogP contribution in [0.2, 0.25) is 0 Å². The largest absolute Gasteiger partial charge is 0.478 e. The van der Waals surface area contributed by atoms with E-state index in [1.54, 1.807) is 26.1 Å². The zero-order valence-electron chi connectivity index (χ0n) is 19.6. The van der Waals surface area contributed by atoms with E-state index in [0.717, 1.165) is 37.3 Å². The van der Waals surface area contributed by atoms with Crippen molar-refractivity contribution in [2.45, 2.75) is 26.4 Å². The molecule has 0 atom stereocenters. The standard InChI is InChI=1S/C18H20N2O4S.C6H12N2O/c1-19(12-14-6-8-16(9-7-14)18(21)22)25(23,24)20-11-10-15-4-2-3-5-17(15)13-20;1-6(9)8-4-2-7-3-5-8/h2-9H,10-13H2,1H3,(H,21,22);7H,2-5H2,1H3. The van der Waals surface area contributed by atoms with Crippen LogP contribution in [-0.4, -0.2) is 78.7 Å². The van der Waals surface area contributed by atoms with Gasteiger partial charge >= 0.3 is 5.97 Å². The Morgan fingerprint density at radius 1 is 1.00 bits per heavy atom. The van der Waals surface area contributed by atoms with Crippen LogP contribution in [-0.2, 0) is 34.5 Å². The molecule has 1 fully saturated rings. The number of nitrogens with zero attached hydrogens (tertiary/aromatic N) is 3. The highest BCUT2D eigenvalue weighted by Gasteiger charge is 2.30. The number of carboxylic acids is 1. The van der Waals surface area contributed by atoms with Crippen molar-refractivity contribution in [3.63, 3.8) is 0 Å². The number of rotatable bonds is 5. The van der Waals surface area contributed by atoms with Crippen molar-refractivity contribution in [3.05, 3.63) is 70.8 Å². The summed E-state index contributed by atoms with van der Waals surface area (Å²) in [4.78, 5) is 23.4. The van der Waals surface area contributed by atoms with Crippen LogP contribution < -0.4 is 5.32 Å². The summed E-state index contributed by atoms with van der Waals surface area (Å²) < 4.78 is 28.5. The maximum atomic E-state index is 12.8. The maximum absolute atomic E-state index is 12.8. The third-order valence-corrected chi connectivity index (χ3v) is 7.87. The van der Waals surface area contributed by atoms with Gasteiger partial charge < -0.3 is 15.3 Å². The number of fused-ring (bicyclic) bond motifs is 1. The molecule has 0 unspecified atom stereocenters. The number of benzene rings is 2. The zero-order valence-corrected chi connectivity index (χ0v) is 20.4. The number of carbonyl (C=O) groups excluding carboxylic acids is 1. The predicted molar refractivity (Wildman–Crippen MR) is 129 cm³/mol.